The number of phenolic OH excluding ortho intramolecular Hbond substituents is 1. The van der Waals surface area contributed by atoms with Crippen LogP contribution in [0.1, 0.15) is 45.1 Å². The van der Waals surface area contributed by atoms with Gasteiger partial charge in [-0.1, -0.05) is 23.8 Å². The number of nitrogens with zero attached hydrogens (tertiary/aromatic N) is 1. The van der Waals surface area contributed by atoms with Crippen LogP contribution >= 0.6 is 0 Å². The number of fused-ring (bicyclic) bond motifs is 3. The van der Waals surface area contributed by atoms with Gasteiger partial charge in [0.25, 0.3) is 0 Å². The summed E-state index contributed by atoms with van der Waals surface area (Å²) in [5, 5.41) is 11.1. The summed E-state index contributed by atoms with van der Waals surface area (Å²) in [6.45, 7) is 5.87. The number of carbonyl (C=O) groups is 4. The Labute approximate surface area is 197 Å². The van der Waals surface area contributed by atoms with Gasteiger partial charge in [0.15, 0.2) is 23.1 Å². The molecule has 2 amide bonds. The summed E-state index contributed by atoms with van der Waals surface area (Å²) >= 11 is 0. The highest BCUT2D eigenvalue weighted by molar-refractivity contribution is 6.23. The van der Waals surface area contributed by atoms with E-state index in [0.29, 0.717) is 47.6 Å². The first-order chi connectivity index (χ1) is 16.3. The molecule has 5 rings (SSSR count). The van der Waals surface area contributed by atoms with Crippen LogP contribution in [0.3, 0.4) is 0 Å². The van der Waals surface area contributed by atoms with Gasteiger partial charge in [-0.15, -0.1) is 0 Å². The van der Waals surface area contributed by atoms with Crippen LogP contribution in [0.4, 0.5) is 0 Å². The van der Waals surface area contributed by atoms with E-state index in [1.807, 2.05) is 13.0 Å². The van der Waals surface area contributed by atoms with Crippen molar-refractivity contribution in [2.45, 2.75) is 39.5 Å². The second-order valence-electron chi connectivity index (χ2n) is 9.28. The first kappa shape index (κ1) is 22.3. The Morgan fingerprint density at radius 2 is 1.85 bits per heavy atom. The lowest BCUT2D eigenvalue weighted by molar-refractivity contribution is -0.139. The number of amides is 2. The van der Waals surface area contributed by atoms with Gasteiger partial charge in [-0.3, -0.25) is 24.1 Å². The standard InChI is InChI=1S/C27H27NO6/c1-4-28-26(32)16-10-9-14-17(22(16)27(28)33)12-18-23(19(29)11-13(3)24(18)30)21(14)15-7-6-8-20(25(15)31)34-5-2/h6-9,11,16-17,21-22,31H,4-5,10,12H2,1-3H3. The molecular formula is C27H27NO6. The van der Waals surface area contributed by atoms with E-state index < -0.39 is 23.7 Å². The number of carbonyl (C=O) groups excluding carboxylic acids is 4. The fraction of sp³-hybridized carbons (Fsp3) is 0.407. The minimum atomic E-state index is -0.686. The molecule has 1 aromatic rings. The van der Waals surface area contributed by atoms with E-state index in [9.17, 15) is 24.3 Å². The summed E-state index contributed by atoms with van der Waals surface area (Å²) in [6, 6.07) is 5.13. The van der Waals surface area contributed by atoms with Crippen LogP contribution in [0, 0.1) is 17.8 Å². The Hall–Kier alpha value is -3.48. The molecule has 0 radical (unpaired) electrons. The predicted molar refractivity (Wildman–Crippen MR) is 123 cm³/mol. The Bertz CT molecular complexity index is 1240. The van der Waals surface area contributed by atoms with Gasteiger partial charge in [0.05, 0.1) is 18.4 Å². The lowest BCUT2D eigenvalue weighted by atomic mass is 9.59. The zero-order valence-electron chi connectivity index (χ0n) is 19.5. The lowest BCUT2D eigenvalue weighted by Crippen LogP contribution is -2.39. The van der Waals surface area contributed by atoms with Crippen LogP contribution in [0.5, 0.6) is 11.5 Å². The van der Waals surface area contributed by atoms with Crippen molar-refractivity contribution in [2.75, 3.05) is 13.2 Å². The third kappa shape index (κ3) is 3.02. The highest BCUT2D eigenvalue weighted by atomic mass is 16.5. The lowest BCUT2D eigenvalue weighted by Gasteiger charge is -2.42. The molecule has 7 heteroatoms. The number of para-hydroxylation sites is 1. The molecule has 1 aromatic carbocycles. The second kappa shape index (κ2) is 8.08. The van der Waals surface area contributed by atoms with Gasteiger partial charge < -0.3 is 9.84 Å². The van der Waals surface area contributed by atoms with Crippen LogP contribution in [0.15, 0.2) is 52.6 Å². The van der Waals surface area contributed by atoms with E-state index in [2.05, 4.69) is 0 Å². The number of hydrogen-bond acceptors (Lipinski definition) is 6. The molecule has 4 unspecified atom stereocenters. The fourth-order valence-electron chi connectivity index (χ4n) is 6.16. The molecule has 0 spiro atoms. The zero-order valence-corrected chi connectivity index (χ0v) is 19.5. The molecule has 1 aliphatic heterocycles. The number of allylic oxidation sites excluding steroid dienone is 6. The molecule has 7 nitrogen and oxygen atoms in total. The number of likely N-dealkylation sites (tertiary alicyclic amines) is 1. The Kier molecular flexibility index (Phi) is 5.30. The largest absolute Gasteiger partial charge is 0.504 e. The number of imide groups is 1. The summed E-state index contributed by atoms with van der Waals surface area (Å²) in [5.41, 5.74) is 2.38. The predicted octanol–water partition coefficient (Wildman–Crippen LogP) is 3.24. The summed E-state index contributed by atoms with van der Waals surface area (Å²) < 4.78 is 5.58. The fourth-order valence-corrected chi connectivity index (χ4v) is 6.16. The van der Waals surface area contributed by atoms with E-state index in [1.54, 1.807) is 32.0 Å². The van der Waals surface area contributed by atoms with Crippen molar-refractivity contribution in [3.8, 4) is 11.5 Å². The summed E-state index contributed by atoms with van der Waals surface area (Å²) in [7, 11) is 0. The summed E-state index contributed by atoms with van der Waals surface area (Å²) in [4.78, 5) is 54.0. The molecule has 3 aliphatic carbocycles. The summed E-state index contributed by atoms with van der Waals surface area (Å²) in [5.74, 6) is -2.77. The molecule has 1 N–H and O–H groups in total. The highest BCUT2D eigenvalue weighted by Crippen LogP contribution is 2.56. The molecule has 0 aromatic heterocycles. The maximum absolute atomic E-state index is 13.3. The quantitative estimate of drug-likeness (QED) is 0.420. The molecule has 34 heavy (non-hydrogen) atoms. The van der Waals surface area contributed by atoms with Gasteiger partial charge in [-0.2, -0.15) is 0 Å². The van der Waals surface area contributed by atoms with E-state index in [4.69, 9.17) is 4.74 Å². The van der Waals surface area contributed by atoms with Crippen LogP contribution in [0.2, 0.25) is 0 Å². The Morgan fingerprint density at radius 3 is 2.56 bits per heavy atom. The van der Waals surface area contributed by atoms with Gasteiger partial charge in [0.1, 0.15) is 0 Å². The number of phenols is 1. The van der Waals surface area contributed by atoms with Crippen molar-refractivity contribution in [3.05, 3.63) is 58.2 Å². The zero-order chi connectivity index (χ0) is 24.3. The maximum Gasteiger partial charge on any atom is 0.233 e. The van der Waals surface area contributed by atoms with Crippen LogP contribution < -0.4 is 4.74 Å². The van der Waals surface area contributed by atoms with Gasteiger partial charge >= 0.3 is 0 Å². The minimum absolute atomic E-state index is 0.0830. The van der Waals surface area contributed by atoms with Gasteiger partial charge in [0.2, 0.25) is 11.8 Å². The van der Waals surface area contributed by atoms with E-state index in [1.165, 1.54) is 11.0 Å². The minimum Gasteiger partial charge on any atom is -0.504 e. The molecule has 0 bridgehead atoms. The molecule has 1 fully saturated rings. The van der Waals surface area contributed by atoms with Crippen molar-refractivity contribution < 1.29 is 29.0 Å². The second-order valence-corrected chi connectivity index (χ2v) is 9.28. The van der Waals surface area contributed by atoms with E-state index in [0.717, 1.165) is 5.57 Å². The number of ketones is 2. The van der Waals surface area contributed by atoms with E-state index >= 15 is 0 Å². The number of ether oxygens (including phenoxy) is 1. The van der Waals surface area contributed by atoms with Crippen LogP contribution in [0.25, 0.3) is 0 Å². The molecule has 176 valence electrons. The monoisotopic (exact) mass is 461 g/mol. The number of aromatic hydroxyl groups is 1. The van der Waals surface area contributed by atoms with Gasteiger partial charge in [-0.05, 0) is 51.7 Å². The molecule has 1 heterocycles. The van der Waals surface area contributed by atoms with Gasteiger partial charge in [-0.25, -0.2) is 0 Å². The van der Waals surface area contributed by atoms with Crippen molar-refractivity contribution in [1.82, 2.24) is 4.90 Å². The SMILES string of the molecule is CCOc1cccc(C2C3=CCC4C(=O)N(CC)C(=O)C4C3CC3=C2C(=O)C=C(C)C3=O)c1O. The molecule has 4 atom stereocenters. The smallest absolute Gasteiger partial charge is 0.233 e. The topological polar surface area (TPSA) is 101 Å². The Morgan fingerprint density at radius 1 is 1.09 bits per heavy atom. The molecule has 1 saturated heterocycles. The summed E-state index contributed by atoms with van der Waals surface area (Å²) in [6.07, 6.45) is 3.92. The maximum atomic E-state index is 13.3. The molecular weight excluding hydrogens is 434 g/mol. The van der Waals surface area contributed by atoms with E-state index in [-0.39, 0.29) is 35.6 Å². The molecule has 0 saturated carbocycles. The normalized spacial score (nSPS) is 28.4. The first-order valence-electron chi connectivity index (χ1n) is 11.8. The number of Topliss-reactive ketones (excluding diaryl/α,β-unsaturated/α-hetero) is 1. The Balaban J connectivity index is 1.71. The number of benzene rings is 1. The third-order valence-electron chi connectivity index (χ3n) is 7.61. The average Bonchev–Trinajstić information content (AvgIpc) is 3.07. The number of hydrogen-bond donors (Lipinski definition) is 1. The van der Waals surface area contributed by atoms with Crippen LogP contribution in [-0.4, -0.2) is 46.5 Å². The molecule has 4 aliphatic rings. The highest BCUT2D eigenvalue weighted by Gasteiger charge is 2.56. The van der Waals surface area contributed by atoms with Crippen LogP contribution in [-0.2, 0) is 19.2 Å². The van der Waals surface area contributed by atoms with Crippen molar-refractivity contribution in [1.29, 1.82) is 0 Å². The average molecular weight is 462 g/mol. The van der Waals surface area contributed by atoms with Gasteiger partial charge in [0, 0.05) is 34.7 Å². The third-order valence-corrected chi connectivity index (χ3v) is 7.61. The van der Waals surface area contributed by atoms with Crippen molar-refractivity contribution in [3.63, 3.8) is 0 Å². The van der Waals surface area contributed by atoms with Crippen molar-refractivity contribution >= 4 is 23.4 Å². The van der Waals surface area contributed by atoms with Crippen molar-refractivity contribution in [2.24, 2.45) is 17.8 Å². The first-order valence-corrected chi connectivity index (χ1v) is 11.8. The number of rotatable bonds is 4.